The number of hydrogen-bond acceptors (Lipinski definition) is 4. The lowest BCUT2D eigenvalue weighted by Gasteiger charge is -2.24. The van der Waals surface area contributed by atoms with Crippen molar-refractivity contribution in [3.63, 3.8) is 0 Å². The van der Waals surface area contributed by atoms with Crippen molar-refractivity contribution in [2.75, 3.05) is 10.2 Å². The second kappa shape index (κ2) is 12.9. The summed E-state index contributed by atoms with van der Waals surface area (Å²) in [4.78, 5) is 30.6. The van der Waals surface area contributed by atoms with E-state index in [4.69, 9.17) is 11.3 Å². The maximum atomic E-state index is 13.5. The maximum absolute atomic E-state index is 13.5. The smallest absolute Gasteiger partial charge is 0.406 e. The Labute approximate surface area is 234 Å². The van der Waals surface area contributed by atoms with Crippen molar-refractivity contribution in [2.45, 2.75) is 38.6 Å². The van der Waals surface area contributed by atoms with Gasteiger partial charge in [0.1, 0.15) is 5.75 Å². The lowest BCUT2D eigenvalue weighted by Crippen LogP contribution is -2.34. The van der Waals surface area contributed by atoms with Crippen molar-refractivity contribution in [1.29, 1.82) is 5.53 Å². The van der Waals surface area contributed by atoms with Crippen LogP contribution in [-0.2, 0) is 6.54 Å². The number of guanidine groups is 1. The Morgan fingerprint density at radius 3 is 2.39 bits per heavy atom. The number of nitrogens with zero attached hydrogens (tertiary/aromatic N) is 3. The van der Waals surface area contributed by atoms with Gasteiger partial charge in [-0.2, -0.15) is 4.99 Å². The van der Waals surface area contributed by atoms with Crippen LogP contribution in [0.1, 0.15) is 47.2 Å². The summed E-state index contributed by atoms with van der Waals surface area (Å²) in [5, 5.41) is 5.53. The Kier molecular flexibility index (Phi) is 9.12. The summed E-state index contributed by atoms with van der Waals surface area (Å²) in [6.07, 6.45) is 1.64. The minimum absolute atomic E-state index is 0.0779. The average molecular weight is 565 g/mol. The zero-order valence-electron chi connectivity index (χ0n) is 21.8. The van der Waals surface area contributed by atoms with Gasteiger partial charge in [-0.25, -0.2) is 10.3 Å². The molecule has 3 aromatic rings. The zero-order chi connectivity index (χ0) is 29.4. The van der Waals surface area contributed by atoms with Crippen molar-refractivity contribution in [2.24, 2.45) is 15.8 Å². The fourth-order valence-electron chi connectivity index (χ4n) is 4.33. The van der Waals surface area contributed by atoms with Crippen LogP contribution < -0.4 is 20.7 Å². The first-order valence-electron chi connectivity index (χ1n) is 12.7. The van der Waals surface area contributed by atoms with Gasteiger partial charge in [0.25, 0.3) is 5.91 Å². The largest absolute Gasteiger partial charge is 0.573 e. The number of halogens is 3. The van der Waals surface area contributed by atoms with E-state index in [1.54, 1.807) is 12.1 Å². The summed E-state index contributed by atoms with van der Waals surface area (Å²) in [5.41, 5.74) is 16.0. The van der Waals surface area contributed by atoms with E-state index >= 15 is 0 Å². The van der Waals surface area contributed by atoms with Crippen LogP contribution >= 0.6 is 0 Å². The van der Waals surface area contributed by atoms with E-state index in [0.29, 0.717) is 11.3 Å². The van der Waals surface area contributed by atoms with Crippen LogP contribution in [0.4, 0.5) is 29.3 Å². The number of carbonyl (C=O) groups excluding carboxylic acids is 2. The predicted octanol–water partition coefficient (Wildman–Crippen LogP) is 7.27. The van der Waals surface area contributed by atoms with Crippen molar-refractivity contribution < 1.29 is 27.5 Å². The average Bonchev–Trinajstić information content (AvgIpc) is 2.96. The molecule has 0 spiro atoms. The fraction of sp³-hybridized carbons (Fsp3) is 0.207. The predicted molar refractivity (Wildman–Crippen MR) is 149 cm³/mol. The molecule has 0 heterocycles. The van der Waals surface area contributed by atoms with E-state index in [1.165, 1.54) is 34.7 Å². The molecule has 41 heavy (non-hydrogen) atoms. The number of nitrogens with one attached hydrogen (secondary N) is 2. The number of aliphatic imine (C=N–C) groups is 1. The van der Waals surface area contributed by atoms with Crippen LogP contribution in [0.3, 0.4) is 0 Å². The summed E-state index contributed by atoms with van der Waals surface area (Å²) in [6.45, 7) is 0.0779. The molecule has 12 heteroatoms. The molecule has 0 aliphatic heterocycles. The van der Waals surface area contributed by atoms with Crippen LogP contribution in [0, 0.1) is 5.53 Å². The van der Waals surface area contributed by atoms with E-state index in [9.17, 15) is 22.8 Å². The molecule has 9 nitrogen and oxygen atoms in total. The number of amides is 3. The van der Waals surface area contributed by atoms with Gasteiger partial charge in [0.2, 0.25) is 5.96 Å². The van der Waals surface area contributed by atoms with Gasteiger partial charge in [0.05, 0.1) is 6.54 Å². The van der Waals surface area contributed by atoms with Crippen molar-refractivity contribution in [3.8, 4) is 5.75 Å². The maximum Gasteiger partial charge on any atom is 0.573 e. The first-order valence-corrected chi connectivity index (χ1v) is 12.7. The molecule has 1 aliphatic carbocycles. The lowest BCUT2D eigenvalue weighted by atomic mass is 9.93. The van der Waals surface area contributed by atoms with Crippen LogP contribution in [0.15, 0.2) is 89.0 Å². The number of hydrogen-bond donors (Lipinski definition) is 3. The van der Waals surface area contributed by atoms with Crippen molar-refractivity contribution in [1.82, 2.24) is 0 Å². The molecular formula is C29H27F3N6O3. The summed E-state index contributed by atoms with van der Waals surface area (Å²) >= 11 is 0. The fourth-order valence-corrected chi connectivity index (χ4v) is 4.33. The Morgan fingerprint density at radius 1 is 1.02 bits per heavy atom. The number of allylic oxidation sites excluding steroid dienone is 2. The summed E-state index contributed by atoms with van der Waals surface area (Å²) in [6, 6.07) is 18.2. The first-order chi connectivity index (χ1) is 19.6. The molecule has 4 N–H and O–H groups in total. The van der Waals surface area contributed by atoms with Gasteiger partial charge < -0.3 is 15.8 Å². The second-order valence-electron chi connectivity index (χ2n) is 9.20. The number of urea groups is 1. The Morgan fingerprint density at radius 2 is 1.76 bits per heavy atom. The number of alkyl halides is 3. The van der Waals surface area contributed by atoms with Crippen LogP contribution in [0.25, 0.3) is 5.57 Å². The number of nitrogens with two attached hydrogens (primary N) is 1. The highest BCUT2D eigenvalue weighted by atomic mass is 19.4. The molecule has 3 amide bonds. The van der Waals surface area contributed by atoms with Gasteiger partial charge in [-0.3, -0.25) is 9.69 Å². The van der Waals surface area contributed by atoms with Gasteiger partial charge in [0.15, 0.2) is 0 Å². The second-order valence-corrected chi connectivity index (χ2v) is 9.20. The highest BCUT2D eigenvalue weighted by Gasteiger charge is 2.31. The minimum atomic E-state index is -4.87. The third-order valence-electron chi connectivity index (χ3n) is 6.28. The summed E-state index contributed by atoms with van der Waals surface area (Å²) in [5.74, 6) is -1.61. The number of anilines is 2. The van der Waals surface area contributed by atoms with E-state index in [2.05, 4.69) is 26.2 Å². The zero-order valence-corrected chi connectivity index (χ0v) is 21.8. The molecule has 0 atom stereocenters. The van der Waals surface area contributed by atoms with E-state index in [1.807, 2.05) is 24.3 Å². The molecule has 0 bridgehead atoms. The van der Waals surface area contributed by atoms with E-state index in [-0.39, 0.29) is 17.8 Å². The topological polar surface area (TPSA) is 133 Å². The molecule has 0 saturated heterocycles. The number of rotatable bonds is 7. The summed E-state index contributed by atoms with van der Waals surface area (Å²) < 4.78 is 42.0. The SMILES string of the molecule is N=NC(N)=NC(=O)c1ccc(CN(C(=O)Nc2cccc(OC(F)(F)F)c2)c2ccc(C3=CCCCC3)cc2)cc1. The molecule has 3 aromatic carbocycles. The molecule has 0 aromatic heterocycles. The quantitative estimate of drug-likeness (QED) is 0.158. The van der Waals surface area contributed by atoms with Crippen molar-refractivity contribution in [3.05, 3.63) is 95.6 Å². The lowest BCUT2D eigenvalue weighted by molar-refractivity contribution is -0.274. The highest BCUT2D eigenvalue weighted by molar-refractivity contribution is 6.03. The molecular weight excluding hydrogens is 537 g/mol. The molecule has 0 saturated carbocycles. The van der Waals surface area contributed by atoms with E-state index in [0.717, 1.165) is 43.4 Å². The Hall–Kier alpha value is -5.00. The normalized spacial score (nSPS) is 13.6. The number of carbonyl (C=O) groups is 2. The van der Waals surface area contributed by atoms with Crippen molar-refractivity contribution >= 4 is 34.8 Å². The standard InChI is InChI=1S/C29H27F3N6O3/c30-29(31,32)41-25-8-4-7-23(17-25)35-28(40)38(24-15-13-21(14-16-24)20-5-2-1-3-6-20)18-19-9-11-22(12-10-19)26(39)36-27(33)37-34/h4-5,7-17,34H,1-3,6,18H2,(H,35,40)(H2,33,36,39). The molecule has 212 valence electrons. The molecule has 0 radical (unpaired) electrons. The monoisotopic (exact) mass is 564 g/mol. The third-order valence-corrected chi connectivity index (χ3v) is 6.28. The van der Waals surface area contributed by atoms with Crippen LogP contribution in [0.2, 0.25) is 0 Å². The van der Waals surface area contributed by atoms with Gasteiger partial charge in [-0.05, 0) is 78.8 Å². The van der Waals surface area contributed by atoms with E-state index < -0.39 is 30.0 Å². The first kappa shape index (κ1) is 29.0. The Bertz CT molecular complexity index is 1470. The van der Waals surface area contributed by atoms with Gasteiger partial charge >= 0.3 is 12.4 Å². The van der Waals surface area contributed by atoms with Gasteiger partial charge in [-0.1, -0.05) is 36.4 Å². The van der Waals surface area contributed by atoms with Crippen LogP contribution in [0.5, 0.6) is 5.75 Å². The molecule has 0 unspecified atom stereocenters. The van der Waals surface area contributed by atoms with Crippen LogP contribution in [-0.4, -0.2) is 24.3 Å². The highest BCUT2D eigenvalue weighted by Crippen LogP contribution is 2.30. The van der Waals surface area contributed by atoms with Gasteiger partial charge in [0, 0.05) is 23.0 Å². The number of ether oxygens (including phenoxy) is 1. The molecule has 4 rings (SSSR count). The molecule has 0 fully saturated rings. The molecule has 1 aliphatic rings. The summed E-state index contributed by atoms with van der Waals surface area (Å²) in [7, 11) is 0. The number of benzene rings is 3. The third kappa shape index (κ3) is 8.24. The minimum Gasteiger partial charge on any atom is -0.406 e. The van der Waals surface area contributed by atoms with Gasteiger partial charge in [-0.15, -0.1) is 18.3 Å². The Balaban J connectivity index is 1.59.